The second kappa shape index (κ2) is 7.32. The normalized spacial score (nSPS) is 10.4. The number of carboxylic acid groups (broad SMARTS) is 1. The summed E-state index contributed by atoms with van der Waals surface area (Å²) in [4.78, 5) is 22.6. The molecule has 2 aromatic rings. The van der Waals surface area contributed by atoms with E-state index in [4.69, 9.17) is 9.84 Å². The third kappa shape index (κ3) is 4.38. The van der Waals surface area contributed by atoms with Crippen molar-refractivity contribution in [3.05, 3.63) is 41.7 Å². The topological polar surface area (TPSA) is 106 Å². The lowest BCUT2D eigenvalue weighted by molar-refractivity contribution is -0.116. The summed E-state index contributed by atoms with van der Waals surface area (Å²) < 4.78 is 6.48. The van der Waals surface area contributed by atoms with Crippen LogP contribution in [0.2, 0.25) is 0 Å². The number of rotatable bonds is 7. The molecule has 0 fully saturated rings. The first-order valence-corrected chi connectivity index (χ1v) is 6.68. The first kappa shape index (κ1) is 15.6. The van der Waals surface area contributed by atoms with Crippen molar-refractivity contribution in [2.24, 2.45) is 0 Å². The second-order valence-electron chi connectivity index (χ2n) is 4.49. The maximum absolute atomic E-state index is 11.9. The zero-order chi connectivity index (χ0) is 15.9. The molecular formula is C14H16N4O4. The highest BCUT2D eigenvalue weighted by atomic mass is 16.5. The summed E-state index contributed by atoms with van der Waals surface area (Å²) in [6, 6.07) is 7.30. The number of amides is 1. The molecule has 1 aromatic heterocycles. The van der Waals surface area contributed by atoms with Gasteiger partial charge in [-0.2, -0.15) is 0 Å². The van der Waals surface area contributed by atoms with Crippen LogP contribution >= 0.6 is 0 Å². The molecule has 0 aliphatic carbocycles. The van der Waals surface area contributed by atoms with Crippen LogP contribution in [0.3, 0.4) is 0 Å². The Labute approximate surface area is 126 Å². The van der Waals surface area contributed by atoms with Crippen LogP contribution in [0.4, 0.5) is 5.69 Å². The molecule has 0 saturated carbocycles. The van der Waals surface area contributed by atoms with Gasteiger partial charge in [0.05, 0.1) is 12.8 Å². The van der Waals surface area contributed by atoms with Crippen LogP contribution < -0.4 is 5.32 Å². The average Bonchev–Trinajstić information content (AvgIpc) is 2.94. The molecule has 1 aromatic carbocycles. The molecule has 0 radical (unpaired) electrons. The van der Waals surface area contributed by atoms with Crippen LogP contribution in [-0.2, 0) is 22.7 Å². The Bertz CT molecular complexity index is 668. The van der Waals surface area contributed by atoms with E-state index in [0.717, 1.165) is 5.56 Å². The van der Waals surface area contributed by atoms with Crippen LogP contribution in [0.15, 0.2) is 30.5 Å². The average molecular weight is 304 g/mol. The monoisotopic (exact) mass is 304 g/mol. The van der Waals surface area contributed by atoms with Crippen molar-refractivity contribution in [1.29, 1.82) is 0 Å². The van der Waals surface area contributed by atoms with E-state index in [0.29, 0.717) is 18.9 Å². The summed E-state index contributed by atoms with van der Waals surface area (Å²) in [5.41, 5.74) is 1.39. The maximum atomic E-state index is 11.9. The van der Waals surface area contributed by atoms with Crippen LogP contribution in [0, 0.1) is 0 Å². The number of nitrogens with one attached hydrogen (secondary N) is 1. The molecule has 116 valence electrons. The molecule has 8 nitrogen and oxygen atoms in total. The lowest BCUT2D eigenvalue weighted by Gasteiger charge is -2.07. The fourth-order valence-electron chi connectivity index (χ4n) is 1.78. The second-order valence-corrected chi connectivity index (χ2v) is 4.49. The number of aromatic nitrogens is 3. The van der Waals surface area contributed by atoms with Crippen LogP contribution in [0.5, 0.6) is 0 Å². The van der Waals surface area contributed by atoms with Gasteiger partial charge in [0.1, 0.15) is 6.54 Å². The van der Waals surface area contributed by atoms with Crippen LogP contribution in [0.1, 0.15) is 23.0 Å². The van der Waals surface area contributed by atoms with Gasteiger partial charge in [-0.25, -0.2) is 9.48 Å². The molecule has 0 bridgehead atoms. The molecule has 0 saturated heterocycles. The highest BCUT2D eigenvalue weighted by Gasteiger charge is 2.11. The van der Waals surface area contributed by atoms with Gasteiger partial charge in [-0.1, -0.05) is 17.3 Å². The van der Waals surface area contributed by atoms with Crippen molar-refractivity contribution < 1.29 is 19.4 Å². The number of carbonyl (C=O) groups is 2. The fourth-order valence-corrected chi connectivity index (χ4v) is 1.78. The number of anilines is 1. The minimum Gasteiger partial charge on any atom is -0.476 e. The Morgan fingerprint density at radius 1 is 1.41 bits per heavy atom. The molecule has 2 N–H and O–H groups in total. The molecule has 1 amide bonds. The number of carboxylic acids is 1. The smallest absolute Gasteiger partial charge is 0.358 e. The first-order chi connectivity index (χ1) is 10.6. The molecule has 0 aliphatic rings. The predicted molar refractivity (Wildman–Crippen MR) is 77.4 cm³/mol. The van der Waals surface area contributed by atoms with Crippen molar-refractivity contribution in [1.82, 2.24) is 15.0 Å². The molecule has 0 atom stereocenters. The molecule has 0 aliphatic heterocycles. The lowest BCUT2D eigenvalue weighted by atomic mass is 10.2. The molecule has 1 heterocycles. The van der Waals surface area contributed by atoms with Gasteiger partial charge < -0.3 is 15.2 Å². The molecule has 0 unspecified atom stereocenters. The van der Waals surface area contributed by atoms with E-state index in [9.17, 15) is 9.59 Å². The van der Waals surface area contributed by atoms with Gasteiger partial charge in [0.25, 0.3) is 0 Å². The van der Waals surface area contributed by atoms with Crippen molar-refractivity contribution >= 4 is 17.6 Å². The zero-order valence-electron chi connectivity index (χ0n) is 12.0. The zero-order valence-corrected chi connectivity index (χ0v) is 12.0. The van der Waals surface area contributed by atoms with Crippen molar-refractivity contribution in [2.45, 2.75) is 20.1 Å². The first-order valence-electron chi connectivity index (χ1n) is 6.68. The van der Waals surface area contributed by atoms with E-state index >= 15 is 0 Å². The summed E-state index contributed by atoms with van der Waals surface area (Å²) in [6.07, 6.45) is 1.20. The Balaban J connectivity index is 1.94. The SMILES string of the molecule is CCOCc1cccc(NC(=O)Cn2cc(C(=O)O)nn2)c1. The Morgan fingerprint density at radius 3 is 2.91 bits per heavy atom. The minimum atomic E-state index is -1.18. The van der Waals surface area contributed by atoms with Crippen LogP contribution in [-0.4, -0.2) is 38.6 Å². The van der Waals surface area contributed by atoms with Crippen molar-refractivity contribution in [3.63, 3.8) is 0 Å². The molecule has 2 rings (SSSR count). The Kier molecular flexibility index (Phi) is 5.21. The summed E-state index contributed by atoms with van der Waals surface area (Å²) in [7, 11) is 0. The highest BCUT2D eigenvalue weighted by Crippen LogP contribution is 2.11. The fraction of sp³-hybridized carbons (Fsp3) is 0.286. The largest absolute Gasteiger partial charge is 0.476 e. The van der Waals surface area contributed by atoms with E-state index in [-0.39, 0.29) is 18.1 Å². The molecule has 0 spiro atoms. The van der Waals surface area contributed by atoms with E-state index in [1.165, 1.54) is 10.9 Å². The van der Waals surface area contributed by atoms with E-state index in [2.05, 4.69) is 15.6 Å². The van der Waals surface area contributed by atoms with Gasteiger partial charge in [-0.15, -0.1) is 5.10 Å². The van der Waals surface area contributed by atoms with Gasteiger partial charge in [-0.3, -0.25) is 4.79 Å². The standard InChI is InChI=1S/C14H16N4O4/c1-2-22-9-10-4-3-5-11(6-10)15-13(19)8-18-7-12(14(20)21)16-17-18/h3-7H,2,8-9H2,1H3,(H,15,19)(H,20,21). The van der Waals surface area contributed by atoms with Crippen molar-refractivity contribution in [3.8, 4) is 0 Å². The van der Waals surface area contributed by atoms with E-state index in [1.807, 2.05) is 25.1 Å². The van der Waals surface area contributed by atoms with Gasteiger partial charge in [0, 0.05) is 12.3 Å². The summed E-state index contributed by atoms with van der Waals surface area (Å²) in [6.45, 7) is 2.89. The summed E-state index contributed by atoms with van der Waals surface area (Å²) in [5.74, 6) is -1.51. The van der Waals surface area contributed by atoms with Crippen LogP contribution in [0.25, 0.3) is 0 Å². The maximum Gasteiger partial charge on any atom is 0.358 e. The minimum absolute atomic E-state index is 0.115. The lowest BCUT2D eigenvalue weighted by Crippen LogP contribution is -2.19. The van der Waals surface area contributed by atoms with Gasteiger partial charge in [0.2, 0.25) is 5.91 Å². The van der Waals surface area contributed by atoms with Gasteiger partial charge in [0.15, 0.2) is 5.69 Å². The van der Waals surface area contributed by atoms with Gasteiger partial charge >= 0.3 is 5.97 Å². The number of hydrogen-bond acceptors (Lipinski definition) is 5. The Hall–Kier alpha value is -2.74. The number of nitrogens with zero attached hydrogens (tertiary/aromatic N) is 3. The van der Waals surface area contributed by atoms with E-state index < -0.39 is 5.97 Å². The number of hydrogen-bond donors (Lipinski definition) is 2. The number of aromatic carboxylic acids is 1. The molecule has 22 heavy (non-hydrogen) atoms. The molecular weight excluding hydrogens is 288 g/mol. The van der Waals surface area contributed by atoms with E-state index in [1.54, 1.807) is 6.07 Å². The third-order valence-electron chi connectivity index (χ3n) is 2.75. The predicted octanol–water partition coefficient (Wildman–Crippen LogP) is 1.15. The third-order valence-corrected chi connectivity index (χ3v) is 2.75. The molecule has 8 heteroatoms. The van der Waals surface area contributed by atoms with Crippen molar-refractivity contribution in [2.75, 3.05) is 11.9 Å². The number of benzene rings is 1. The number of carbonyl (C=O) groups excluding carboxylic acids is 1. The summed E-state index contributed by atoms with van der Waals surface area (Å²) >= 11 is 0. The number of ether oxygens (including phenoxy) is 1. The quantitative estimate of drug-likeness (QED) is 0.794. The van der Waals surface area contributed by atoms with Gasteiger partial charge in [-0.05, 0) is 24.6 Å². The summed E-state index contributed by atoms with van der Waals surface area (Å²) in [5, 5.41) is 18.5. The Morgan fingerprint density at radius 2 is 2.23 bits per heavy atom. The highest BCUT2D eigenvalue weighted by molar-refractivity contribution is 5.90.